The third kappa shape index (κ3) is 11.0. The van der Waals surface area contributed by atoms with Gasteiger partial charge in [-0.2, -0.15) is 0 Å². The first-order chi connectivity index (χ1) is 7.61. The molecule has 0 bridgehead atoms. The molecule has 3 nitrogen and oxygen atoms in total. The maximum atomic E-state index is 9.42. The summed E-state index contributed by atoms with van der Waals surface area (Å²) in [4.78, 5) is 0. The van der Waals surface area contributed by atoms with Crippen molar-refractivity contribution in [3.05, 3.63) is 12.7 Å². The lowest BCUT2D eigenvalue weighted by molar-refractivity contribution is 0.141. The van der Waals surface area contributed by atoms with E-state index in [0.29, 0.717) is 12.5 Å². The summed E-state index contributed by atoms with van der Waals surface area (Å²) >= 11 is 5.53. The van der Waals surface area contributed by atoms with Gasteiger partial charge in [0.25, 0.3) is 0 Å². The van der Waals surface area contributed by atoms with Crippen LogP contribution in [0.2, 0.25) is 0 Å². The van der Waals surface area contributed by atoms with E-state index in [2.05, 4.69) is 13.5 Å². The van der Waals surface area contributed by atoms with Crippen molar-refractivity contribution >= 4 is 24.0 Å². The third-order valence-electron chi connectivity index (χ3n) is 2.55. The standard InChI is InChI=1S/C12H24ClNO2.ClH/c1-3-6-16-7-4-5-10(2)8-11(14)12(15)9-13;/h3,10-12,15H,1,4-9,14H2,2H3;1H/t10-,11+,12-;/m1./s1. The van der Waals surface area contributed by atoms with Crippen molar-refractivity contribution < 1.29 is 9.84 Å². The largest absolute Gasteiger partial charge is 0.390 e. The molecule has 0 aromatic rings. The van der Waals surface area contributed by atoms with Crippen LogP contribution in [0.15, 0.2) is 12.7 Å². The van der Waals surface area contributed by atoms with Crippen LogP contribution < -0.4 is 5.73 Å². The average molecular weight is 286 g/mol. The minimum atomic E-state index is -0.596. The van der Waals surface area contributed by atoms with Crippen molar-refractivity contribution in [1.29, 1.82) is 0 Å². The Morgan fingerprint density at radius 2 is 2.18 bits per heavy atom. The second-order valence-electron chi connectivity index (χ2n) is 4.23. The summed E-state index contributed by atoms with van der Waals surface area (Å²) in [5.74, 6) is 0.691. The zero-order chi connectivity index (χ0) is 12.4. The highest BCUT2D eigenvalue weighted by Gasteiger charge is 2.16. The van der Waals surface area contributed by atoms with Crippen LogP contribution >= 0.6 is 24.0 Å². The minimum absolute atomic E-state index is 0. The number of rotatable bonds is 10. The summed E-state index contributed by atoms with van der Waals surface area (Å²) in [6.07, 6.45) is 4.02. The number of alkyl halides is 1. The minimum Gasteiger partial charge on any atom is -0.390 e. The highest BCUT2D eigenvalue weighted by molar-refractivity contribution is 6.18. The highest BCUT2D eigenvalue weighted by atomic mass is 35.5. The SMILES string of the molecule is C=CCOCCC[C@@H](C)C[C@H](N)[C@H](O)CCl.Cl. The number of hydrogen-bond acceptors (Lipinski definition) is 3. The van der Waals surface area contributed by atoms with Gasteiger partial charge in [0.1, 0.15) is 0 Å². The van der Waals surface area contributed by atoms with Gasteiger partial charge >= 0.3 is 0 Å². The molecule has 0 rings (SSSR count). The van der Waals surface area contributed by atoms with Gasteiger partial charge in [-0.05, 0) is 25.2 Å². The molecule has 0 saturated heterocycles. The monoisotopic (exact) mass is 285 g/mol. The lowest BCUT2D eigenvalue weighted by Crippen LogP contribution is -2.37. The van der Waals surface area contributed by atoms with E-state index in [4.69, 9.17) is 22.1 Å². The summed E-state index contributed by atoms with van der Waals surface area (Å²) in [6.45, 7) is 7.08. The number of hydrogen-bond donors (Lipinski definition) is 2. The Morgan fingerprint density at radius 3 is 2.71 bits per heavy atom. The van der Waals surface area contributed by atoms with E-state index >= 15 is 0 Å². The quantitative estimate of drug-likeness (QED) is 0.368. The molecule has 0 aromatic heterocycles. The van der Waals surface area contributed by atoms with Crippen LogP contribution in [0.3, 0.4) is 0 Å². The van der Waals surface area contributed by atoms with E-state index in [0.717, 1.165) is 25.9 Å². The van der Waals surface area contributed by atoms with Crippen molar-refractivity contribution in [2.45, 2.75) is 38.3 Å². The molecule has 0 fully saturated rings. The van der Waals surface area contributed by atoms with Gasteiger partial charge in [-0.1, -0.05) is 13.0 Å². The first-order valence-corrected chi connectivity index (χ1v) is 6.33. The highest BCUT2D eigenvalue weighted by Crippen LogP contribution is 2.14. The molecule has 0 aliphatic rings. The smallest absolute Gasteiger partial charge is 0.0826 e. The molecule has 3 atom stereocenters. The Balaban J connectivity index is 0. The molecule has 17 heavy (non-hydrogen) atoms. The normalized spacial score (nSPS) is 15.8. The summed E-state index contributed by atoms with van der Waals surface area (Å²) in [6, 6.07) is -0.221. The zero-order valence-corrected chi connectivity index (χ0v) is 12.1. The topological polar surface area (TPSA) is 55.5 Å². The first kappa shape index (κ1) is 19.5. The lowest BCUT2D eigenvalue weighted by atomic mass is 9.95. The number of aliphatic hydroxyl groups excluding tert-OH is 1. The maximum Gasteiger partial charge on any atom is 0.0826 e. The fourth-order valence-corrected chi connectivity index (χ4v) is 1.78. The Kier molecular flexibility index (Phi) is 14.5. The molecular formula is C12H25Cl2NO2. The van der Waals surface area contributed by atoms with Gasteiger partial charge in [-0.25, -0.2) is 0 Å². The van der Waals surface area contributed by atoms with Crippen LogP contribution in [0.25, 0.3) is 0 Å². The summed E-state index contributed by atoms with van der Waals surface area (Å²) in [7, 11) is 0. The Labute approximate surface area is 116 Å². The van der Waals surface area contributed by atoms with Crippen LogP contribution in [-0.2, 0) is 4.74 Å². The van der Waals surface area contributed by atoms with Crippen LogP contribution in [0, 0.1) is 5.92 Å². The second kappa shape index (κ2) is 12.7. The predicted molar refractivity (Wildman–Crippen MR) is 76.0 cm³/mol. The van der Waals surface area contributed by atoms with Gasteiger partial charge in [0.05, 0.1) is 12.7 Å². The number of aliphatic hydroxyl groups is 1. The summed E-state index contributed by atoms with van der Waals surface area (Å²) in [5.41, 5.74) is 5.80. The fraction of sp³-hybridized carbons (Fsp3) is 0.833. The number of nitrogens with two attached hydrogens (primary N) is 1. The average Bonchev–Trinajstić information content (AvgIpc) is 2.27. The molecule has 0 spiro atoms. The van der Waals surface area contributed by atoms with Crippen LogP contribution in [0.1, 0.15) is 26.2 Å². The van der Waals surface area contributed by atoms with E-state index in [1.165, 1.54) is 0 Å². The molecule has 5 heteroatoms. The molecule has 0 saturated carbocycles. The predicted octanol–water partition coefficient (Wildman–Crippen LogP) is 2.34. The van der Waals surface area contributed by atoms with Crippen molar-refractivity contribution in [2.75, 3.05) is 19.1 Å². The Hall–Kier alpha value is 0.200. The van der Waals surface area contributed by atoms with Gasteiger partial charge < -0.3 is 15.6 Å². The molecule has 0 radical (unpaired) electrons. The molecule has 104 valence electrons. The number of ether oxygens (including phenoxy) is 1. The third-order valence-corrected chi connectivity index (χ3v) is 2.86. The van der Waals surface area contributed by atoms with E-state index in [9.17, 15) is 5.11 Å². The van der Waals surface area contributed by atoms with Crippen LogP contribution in [-0.4, -0.2) is 36.3 Å². The van der Waals surface area contributed by atoms with E-state index < -0.39 is 6.10 Å². The van der Waals surface area contributed by atoms with Crippen molar-refractivity contribution in [2.24, 2.45) is 11.7 Å². The zero-order valence-electron chi connectivity index (χ0n) is 10.5. The molecule has 0 aliphatic heterocycles. The van der Waals surface area contributed by atoms with Crippen molar-refractivity contribution in [3.8, 4) is 0 Å². The van der Waals surface area contributed by atoms with Gasteiger partial charge in [0.15, 0.2) is 0 Å². The Bertz CT molecular complexity index is 182. The Morgan fingerprint density at radius 1 is 1.53 bits per heavy atom. The molecule has 3 N–H and O–H groups in total. The van der Waals surface area contributed by atoms with Gasteiger partial charge in [-0.15, -0.1) is 30.6 Å². The molecule has 0 aromatic carbocycles. The van der Waals surface area contributed by atoms with E-state index in [-0.39, 0.29) is 24.3 Å². The van der Waals surface area contributed by atoms with Gasteiger partial charge in [0.2, 0.25) is 0 Å². The molecule has 0 unspecified atom stereocenters. The summed E-state index contributed by atoms with van der Waals surface area (Å²) < 4.78 is 5.29. The van der Waals surface area contributed by atoms with Crippen molar-refractivity contribution in [3.63, 3.8) is 0 Å². The van der Waals surface area contributed by atoms with E-state index in [1.54, 1.807) is 6.08 Å². The van der Waals surface area contributed by atoms with E-state index in [1.807, 2.05) is 0 Å². The number of halogens is 2. The van der Waals surface area contributed by atoms with Crippen molar-refractivity contribution in [1.82, 2.24) is 0 Å². The lowest BCUT2D eigenvalue weighted by Gasteiger charge is -2.20. The van der Waals surface area contributed by atoms with Crippen LogP contribution in [0.4, 0.5) is 0 Å². The second-order valence-corrected chi connectivity index (χ2v) is 4.54. The fourth-order valence-electron chi connectivity index (χ4n) is 1.55. The molecule has 0 heterocycles. The van der Waals surface area contributed by atoms with Gasteiger partial charge in [-0.3, -0.25) is 0 Å². The molecular weight excluding hydrogens is 261 g/mol. The molecule has 0 amide bonds. The van der Waals surface area contributed by atoms with Gasteiger partial charge in [0, 0.05) is 18.5 Å². The maximum absolute atomic E-state index is 9.42. The van der Waals surface area contributed by atoms with Crippen LogP contribution in [0.5, 0.6) is 0 Å². The summed E-state index contributed by atoms with van der Waals surface area (Å²) in [5, 5.41) is 9.42. The first-order valence-electron chi connectivity index (χ1n) is 5.80. The molecule has 0 aliphatic carbocycles.